The molecular formula is C16H18N4. The molecule has 3 rings (SSSR count). The highest BCUT2D eigenvalue weighted by Gasteiger charge is 2.25. The van der Waals surface area contributed by atoms with Crippen LogP contribution in [0, 0.1) is 11.3 Å². The first kappa shape index (κ1) is 12.9. The van der Waals surface area contributed by atoms with Crippen molar-refractivity contribution >= 4 is 0 Å². The van der Waals surface area contributed by atoms with Crippen LogP contribution in [-0.4, -0.2) is 9.55 Å². The van der Waals surface area contributed by atoms with E-state index in [4.69, 9.17) is 5.26 Å². The Hall–Kier alpha value is -2.12. The lowest BCUT2D eigenvalue weighted by molar-refractivity contribution is 0.547. The van der Waals surface area contributed by atoms with Gasteiger partial charge in [0.25, 0.3) is 0 Å². The largest absolute Gasteiger partial charge is 0.330 e. The highest BCUT2D eigenvalue weighted by Crippen LogP contribution is 2.35. The number of hydrogen-bond acceptors (Lipinski definition) is 3. The second-order valence-corrected chi connectivity index (χ2v) is 5.36. The topological polar surface area (TPSA) is 53.6 Å². The van der Waals surface area contributed by atoms with Gasteiger partial charge in [0.15, 0.2) is 0 Å². The number of benzene rings is 1. The summed E-state index contributed by atoms with van der Waals surface area (Å²) < 4.78 is 2.28. The maximum absolute atomic E-state index is 8.81. The van der Waals surface area contributed by atoms with E-state index < -0.39 is 0 Å². The summed E-state index contributed by atoms with van der Waals surface area (Å²) in [5.41, 5.74) is 3.14. The molecule has 0 radical (unpaired) electrons. The van der Waals surface area contributed by atoms with E-state index in [1.165, 1.54) is 24.1 Å². The number of nitrogens with one attached hydrogen (secondary N) is 1. The molecule has 4 heteroatoms. The number of rotatable bonds is 5. The van der Waals surface area contributed by atoms with Crippen molar-refractivity contribution in [2.75, 3.05) is 0 Å². The van der Waals surface area contributed by atoms with Crippen LogP contribution in [0.25, 0.3) is 0 Å². The van der Waals surface area contributed by atoms with Crippen molar-refractivity contribution in [2.24, 2.45) is 0 Å². The van der Waals surface area contributed by atoms with Gasteiger partial charge in [-0.2, -0.15) is 5.26 Å². The van der Waals surface area contributed by atoms with E-state index in [2.05, 4.69) is 27.9 Å². The average molecular weight is 266 g/mol. The van der Waals surface area contributed by atoms with Gasteiger partial charge in [-0.25, -0.2) is 4.98 Å². The van der Waals surface area contributed by atoms with Crippen molar-refractivity contribution in [2.45, 2.75) is 38.4 Å². The lowest BCUT2D eigenvalue weighted by atomic mass is 10.1. The fourth-order valence-electron chi connectivity index (χ4n) is 2.37. The van der Waals surface area contributed by atoms with Crippen molar-refractivity contribution in [3.8, 4) is 6.07 Å². The normalized spacial score (nSPS) is 15.8. The van der Waals surface area contributed by atoms with Crippen LogP contribution in [0.3, 0.4) is 0 Å². The molecule has 1 heterocycles. The average Bonchev–Trinajstić information content (AvgIpc) is 3.23. The van der Waals surface area contributed by atoms with E-state index in [0.29, 0.717) is 11.6 Å². The maximum atomic E-state index is 8.81. The standard InChI is InChI=1S/C16H18N4/c1-12(14-4-2-13(8-17)3-5-14)19-10-16-9-18-11-20(16)15-6-7-15/h2-5,9,11-12,15,19H,6-7,10H2,1H3. The van der Waals surface area contributed by atoms with Crippen LogP contribution in [0.5, 0.6) is 0 Å². The van der Waals surface area contributed by atoms with Crippen molar-refractivity contribution in [1.29, 1.82) is 5.26 Å². The Balaban J connectivity index is 1.62. The van der Waals surface area contributed by atoms with Crippen molar-refractivity contribution in [3.05, 3.63) is 53.6 Å². The first-order chi connectivity index (χ1) is 9.78. The van der Waals surface area contributed by atoms with Crippen LogP contribution < -0.4 is 5.32 Å². The van der Waals surface area contributed by atoms with Gasteiger partial charge in [0.05, 0.1) is 23.7 Å². The van der Waals surface area contributed by atoms with Gasteiger partial charge in [0.2, 0.25) is 0 Å². The van der Waals surface area contributed by atoms with E-state index in [1.54, 1.807) is 0 Å². The molecule has 1 aliphatic carbocycles. The minimum Gasteiger partial charge on any atom is -0.330 e. The number of aromatic nitrogens is 2. The second kappa shape index (κ2) is 5.48. The van der Waals surface area contributed by atoms with Crippen LogP contribution >= 0.6 is 0 Å². The molecule has 0 aliphatic heterocycles. The molecule has 1 N–H and O–H groups in total. The van der Waals surface area contributed by atoms with Crippen molar-refractivity contribution in [3.63, 3.8) is 0 Å². The van der Waals surface area contributed by atoms with Crippen molar-refractivity contribution in [1.82, 2.24) is 14.9 Å². The Bertz CT molecular complexity index is 617. The summed E-state index contributed by atoms with van der Waals surface area (Å²) >= 11 is 0. The molecule has 1 aliphatic rings. The molecule has 1 atom stereocenters. The van der Waals surface area contributed by atoms with Gasteiger partial charge in [0, 0.05) is 24.8 Å². The molecule has 1 aromatic carbocycles. The van der Waals surface area contributed by atoms with Crippen molar-refractivity contribution < 1.29 is 0 Å². The Labute approximate surface area is 119 Å². The highest BCUT2D eigenvalue weighted by molar-refractivity contribution is 5.32. The molecule has 0 saturated heterocycles. The zero-order valence-corrected chi connectivity index (χ0v) is 11.6. The Morgan fingerprint density at radius 3 is 2.80 bits per heavy atom. The molecule has 0 spiro atoms. The number of nitriles is 1. The Morgan fingerprint density at radius 2 is 2.15 bits per heavy atom. The van der Waals surface area contributed by atoms with Gasteiger partial charge >= 0.3 is 0 Å². The van der Waals surface area contributed by atoms with Crippen LogP contribution in [0.4, 0.5) is 0 Å². The number of nitrogens with zero attached hydrogens (tertiary/aromatic N) is 3. The van der Waals surface area contributed by atoms with Gasteiger partial charge in [-0.05, 0) is 37.5 Å². The predicted octanol–water partition coefficient (Wildman–Crippen LogP) is 2.94. The SMILES string of the molecule is CC(NCc1cncn1C1CC1)c1ccc(C#N)cc1. The summed E-state index contributed by atoms with van der Waals surface area (Å²) in [6.45, 7) is 2.96. The fourth-order valence-corrected chi connectivity index (χ4v) is 2.37. The molecule has 1 saturated carbocycles. The minimum absolute atomic E-state index is 0.255. The zero-order chi connectivity index (χ0) is 13.9. The summed E-state index contributed by atoms with van der Waals surface area (Å²) in [5, 5.41) is 12.3. The molecule has 0 bridgehead atoms. The van der Waals surface area contributed by atoms with Crippen LogP contribution in [0.15, 0.2) is 36.8 Å². The third-order valence-corrected chi connectivity index (χ3v) is 3.82. The quantitative estimate of drug-likeness (QED) is 0.905. The molecule has 102 valence electrons. The van der Waals surface area contributed by atoms with E-state index in [-0.39, 0.29) is 6.04 Å². The Kier molecular flexibility index (Phi) is 3.53. The first-order valence-corrected chi connectivity index (χ1v) is 7.02. The molecular weight excluding hydrogens is 248 g/mol. The van der Waals surface area contributed by atoms with Gasteiger partial charge in [-0.3, -0.25) is 0 Å². The number of imidazole rings is 1. The van der Waals surface area contributed by atoms with Gasteiger partial charge < -0.3 is 9.88 Å². The third-order valence-electron chi connectivity index (χ3n) is 3.82. The predicted molar refractivity (Wildman–Crippen MR) is 76.9 cm³/mol. The monoisotopic (exact) mass is 266 g/mol. The number of hydrogen-bond donors (Lipinski definition) is 1. The molecule has 20 heavy (non-hydrogen) atoms. The molecule has 2 aromatic rings. The molecule has 0 amide bonds. The van der Waals surface area contributed by atoms with E-state index in [9.17, 15) is 0 Å². The van der Waals surface area contributed by atoms with Gasteiger partial charge in [-0.15, -0.1) is 0 Å². The molecule has 4 nitrogen and oxygen atoms in total. The van der Waals surface area contributed by atoms with E-state index in [0.717, 1.165) is 6.54 Å². The smallest absolute Gasteiger partial charge is 0.0991 e. The van der Waals surface area contributed by atoms with E-state index in [1.807, 2.05) is 36.8 Å². The van der Waals surface area contributed by atoms with Crippen LogP contribution in [-0.2, 0) is 6.54 Å². The second-order valence-electron chi connectivity index (χ2n) is 5.36. The van der Waals surface area contributed by atoms with Crippen LogP contribution in [0.1, 0.15) is 48.7 Å². The summed E-state index contributed by atoms with van der Waals surface area (Å²) in [6, 6.07) is 10.8. The van der Waals surface area contributed by atoms with Gasteiger partial charge in [0.1, 0.15) is 0 Å². The summed E-state index contributed by atoms with van der Waals surface area (Å²) in [5.74, 6) is 0. The third kappa shape index (κ3) is 2.73. The fraction of sp³-hybridized carbons (Fsp3) is 0.375. The molecule has 1 unspecified atom stereocenters. The van der Waals surface area contributed by atoms with Crippen LogP contribution in [0.2, 0.25) is 0 Å². The lowest BCUT2D eigenvalue weighted by Crippen LogP contribution is -2.19. The van der Waals surface area contributed by atoms with Gasteiger partial charge in [-0.1, -0.05) is 12.1 Å². The molecule has 1 fully saturated rings. The minimum atomic E-state index is 0.255. The Morgan fingerprint density at radius 1 is 1.40 bits per heavy atom. The zero-order valence-electron chi connectivity index (χ0n) is 11.6. The van der Waals surface area contributed by atoms with E-state index >= 15 is 0 Å². The lowest BCUT2D eigenvalue weighted by Gasteiger charge is -2.15. The molecule has 1 aromatic heterocycles. The summed E-state index contributed by atoms with van der Waals surface area (Å²) in [7, 11) is 0. The summed E-state index contributed by atoms with van der Waals surface area (Å²) in [6.07, 6.45) is 6.42. The maximum Gasteiger partial charge on any atom is 0.0991 e. The summed E-state index contributed by atoms with van der Waals surface area (Å²) in [4.78, 5) is 4.24. The first-order valence-electron chi connectivity index (χ1n) is 7.02. The highest BCUT2D eigenvalue weighted by atomic mass is 15.1.